The molecule has 0 N–H and O–H groups in total. The predicted octanol–water partition coefficient (Wildman–Crippen LogP) is 4.00. The first-order valence-corrected chi connectivity index (χ1v) is 5.99. The average molecular weight is 247 g/mol. The molecular formula is C15H21NO2. The maximum absolute atomic E-state index is 12.2. The Morgan fingerprint density at radius 3 is 2.28 bits per heavy atom. The summed E-state index contributed by atoms with van der Waals surface area (Å²) >= 11 is 0. The molecule has 0 aliphatic carbocycles. The van der Waals surface area contributed by atoms with Gasteiger partial charge in [0.05, 0.1) is 0 Å². The van der Waals surface area contributed by atoms with E-state index in [9.17, 15) is 4.79 Å². The molecule has 1 amide bonds. The quantitative estimate of drug-likeness (QED) is 0.755. The Hall–Kier alpha value is -1.77. The van der Waals surface area contributed by atoms with Gasteiger partial charge in [-0.1, -0.05) is 30.4 Å². The number of carbonyl (C=O) groups excluding carboxylic acids is 1. The number of para-hydroxylation sites is 1. The van der Waals surface area contributed by atoms with Crippen LogP contribution < -0.4 is 4.90 Å². The van der Waals surface area contributed by atoms with Gasteiger partial charge in [0.2, 0.25) is 0 Å². The summed E-state index contributed by atoms with van der Waals surface area (Å²) in [5.74, 6) is 0. The summed E-state index contributed by atoms with van der Waals surface area (Å²) in [6.07, 6.45) is -0.350. The third-order valence-electron chi connectivity index (χ3n) is 2.11. The topological polar surface area (TPSA) is 29.5 Å². The van der Waals surface area contributed by atoms with Crippen LogP contribution in [0.25, 0.3) is 0 Å². The third-order valence-corrected chi connectivity index (χ3v) is 2.11. The van der Waals surface area contributed by atoms with Crippen molar-refractivity contribution < 1.29 is 9.53 Å². The standard InChI is InChI=1S/C15H21NO2/c1-12(2)11-16(13-9-7-6-8-10-13)14(17)18-15(3,4)5/h6-10H,1,11H2,2-5H3. The first-order valence-electron chi connectivity index (χ1n) is 5.99. The van der Waals surface area contributed by atoms with Gasteiger partial charge in [-0.2, -0.15) is 0 Å². The lowest BCUT2D eigenvalue weighted by atomic mass is 10.2. The molecule has 1 aromatic carbocycles. The number of carbonyl (C=O) groups is 1. The molecule has 0 aliphatic heterocycles. The van der Waals surface area contributed by atoms with Crippen molar-refractivity contribution in [3.05, 3.63) is 42.5 Å². The number of nitrogens with zero attached hydrogens (tertiary/aromatic N) is 1. The molecule has 3 nitrogen and oxygen atoms in total. The van der Waals surface area contributed by atoms with Crippen LogP contribution in [0.5, 0.6) is 0 Å². The Kier molecular flexibility index (Phi) is 4.54. The van der Waals surface area contributed by atoms with Gasteiger partial charge in [0, 0.05) is 12.2 Å². The van der Waals surface area contributed by atoms with Crippen molar-refractivity contribution in [3.8, 4) is 0 Å². The van der Waals surface area contributed by atoms with E-state index in [1.54, 1.807) is 4.90 Å². The van der Waals surface area contributed by atoms with Crippen LogP contribution in [-0.2, 0) is 4.74 Å². The molecule has 0 unspecified atom stereocenters. The lowest BCUT2D eigenvalue weighted by molar-refractivity contribution is 0.0583. The van der Waals surface area contributed by atoms with Crippen LogP contribution in [-0.4, -0.2) is 18.2 Å². The third kappa shape index (κ3) is 4.62. The molecule has 0 aliphatic rings. The Morgan fingerprint density at radius 1 is 1.28 bits per heavy atom. The number of hydrogen-bond acceptors (Lipinski definition) is 2. The van der Waals surface area contributed by atoms with Gasteiger partial charge < -0.3 is 4.74 Å². The Labute approximate surface area is 109 Å². The second kappa shape index (κ2) is 5.71. The molecule has 1 rings (SSSR count). The van der Waals surface area contributed by atoms with Gasteiger partial charge in [-0.3, -0.25) is 4.90 Å². The number of hydrogen-bond donors (Lipinski definition) is 0. The van der Waals surface area contributed by atoms with Crippen molar-refractivity contribution in [2.45, 2.75) is 33.3 Å². The maximum Gasteiger partial charge on any atom is 0.415 e. The number of anilines is 1. The highest BCUT2D eigenvalue weighted by atomic mass is 16.6. The second-order valence-corrected chi connectivity index (χ2v) is 5.36. The van der Waals surface area contributed by atoms with E-state index in [4.69, 9.17) is 4.74 Å². The fourth-order valence-electron chi connectivity index (χ4n) is 1.46. The van der Waals surface area contributed by atoms with Crippen molar-refractivity contribution >= 4 is 11.8 Å². The van der Waals surface area contributed by atoms with Crippen molar-refractivity contribution in [2.24, 2.45) is 0 Å². The Morgan fingerprint density at radius 2 is 1.83 bits per heavy atom. The summed E-state index contributed by atoms with van der Waals surface area (Å²) in [5, 5.41) is 0. The Balaban J connectivity index is 2.92. The molecule has 0 bridgehead atoms. The van der Waals surface area contributed by atoms with Crippen LogP contribution in [0.15, 0.2) is 42.5 Å². The van der Waals surface area contributed by atoms with E-state index in [0.717, 1.165) is 11.3 Å². The molecule has 18 heavy (non-hydrogen) atoms. The molecule has 98 valence electrons. The zero-order valence-electron chi connectivity index (χ0n) is 11.6. The smallest absolute Gasteiger partial charge is 0.415 e. The highest BCUT2D eigenvalue weighted by molar-refractivity contribution is 5.88. The van der Waals surface area contributed by atoms with E-state index in [1.807, 2.05) is 58.0 Å². The molecule has 3 heteroatoms. The van der Waals surface area contributed by atoms with Gasteiger partial charge in [0.15, 0.2) is 0 Å². The summed E-state index contributed by atoms with van der Waals surface area (Å²) < 4.78 is 5.40. The van der Waals surface area contributed by atoms with E-state index in [2.05, 4.69) is 6.58 Å². The first-order chi connectivity index (χ1) is 8.29. The minimum absolute atomic E-state index is 0.350. The van der Waals surface area contributed by atoms with Crippen molar-refractivity contribution in [2.75, 3.05) is 11.4 Å². The minimum Gasteiger partial charge on any atom is -0.443 e. The SMILES string of the molecule is C=C(C)CN(C(=O)OC(C)(C)C)c1ccccc1. The minimum atomic E-state index is -0.501. The first kappa shape index (κ1) is 14.3. The number of benzene rings is 1. The maximum atomic E-state index is 12.2. The molecule has 0 spiro atoms. The van der Waals surface area contributed by atoms with Gasteiger partial charge >= 0.3 is 6.09 Å². The van der Waals surface area contributed by atoms with Gasteiger partial charge in [-0.05, 0) is 39.8 Å². The van der Waals surface area contributed by atoms with E-state index in [0.29, 0.717) is 6.54 Å². The molecule has 0 aromatic heterocycles. The molecule has 0 fully saturated rings. The zero-order chi connectivity index (χ0) is 13.8. The summed E-state index contributed by atoms with van der Waals surface area (Å²) in [5.41, 5.74) is 1.22. The van der Waals surface area contributed by atoms with E-state index in [-0.39, 0.29) is 6.09 Å². The van der Waals surface area contributed by atoms with E-state index in [1.165, 1.54) is 0 Å². The van der Waals surface area contributed by atoms with Gasteiger partial charge in [-0.15, -0.1) is 0 Å². The lowest BCUT2D eigenvalue weighted by Gasteiger charge is -2.27. The number of ether oxygens (including phenoxy) is 1. The molecule has 0 radical (unpaired) electrons. The van der Waals surface area contributed by atoms with Crippen LogP contribution in [0.3, 0.4) is 0 Å². The summed E-state index contributed by atoms with van der Waals surface area (Å²) in [6, 6.07) is 9.47. The van der Waals surface area contributed by atoms with Crippen LogP contribution in [0.4, 0.5) is 10.5 Å². The molecule has 0 saturated heterocycles. The molecule has 0 heterocycles. The normalized spacial score (nSPS) is 10.9. The van der Waals surface area contributed by atoms with Gasteiger partial charge in [0.1, 0.15) is 5.60 Å². The summed E-state index contributed by atoms with van der Waals surface area (Å²) in [6.45, 7) is 11.8. The highest BCUT2D eigenvalue weighted by Gasteiger charge is 2.23. The Bertz CT molecular complexity index is 418. The van der Waals surface area contributed by atoms with Gasteiger partial charge in [-0.25, -0.2) is 4.79 Å². The number of rotatable bonds is 3. The predicted molar refractivity (Wildman–Crippen MR) is 74.8 cm³/mol. The highest BCUT2D eigenvalue weighted by Crippen LogP contribution is 2.18. The van der Waals surface area contributed by atoms with Crippen LogP contribution in [0, 0.1) is 0 Å². The van der Waals surface area contributed by atoms with Gasteiger partial charge in [0.25, 0.3) is 0 Å². The van der Waals surface area contributed by atoms with Crippen LogP contribution >= 0.6 is 0 Å². The summed E-state index contributed by atoms with van der Waals surface area (Å²) in [7, 11) is 0. The fourth-order valence-corrected chi connectivity index (χ4v) is 1.46. The number of amides is 1. The van der Waals surface area contributed by atoms with Crippen LogP contribution in [0.1, 0.15) is 27.7 Å². The fraction of sp³-hybridized carbons (Fsp3) is 0.400. The largest absolute Gasteiger partial charge is 0.443 e. The molecule has 0 saturated carbocycles. The van der Waals surface area contributed by atoms with Crippen molar-refractivity contribution in [1.29, 1.82) is 0 Å². The summed E-state index contributed by atoms with van der Waals surface area (Å²) in [4.78, 5) is 13.7. The van der Waals surface area contributed by atoms with Crippen molar-refractivity contribution in [3.63, 3.8) is 0 Å². The van der Waals surface area contributed by atoms with Crippen molar-refractivity contribution in [1.82, 2.24) is 0 Å². The van der Waals surface area contributed by atoms with E-state index >= 15 is 0 Å². The zero-order valence-corrected chi connectivity index (χ0v) is 11.6. The van der Waals surface area contributed by atoms with Crippen LogP contribution in [0.2, 0.25) is 0 Å². The average Bonchev–Trinajstić information content (AvgIpc) is 2.24. The monoisotopic (exact) mass is 247 g/mol. The molecular weight excluding hydrogens is 226 g/mol. The molecule has 0 atom stereocenters. The van der Waals surface area contributed by atoms with E-state index < -0.39 is 5.60 Å². The lowest BCUT2D eigenvalue weighted by Crippen LogP contribution is -2.37. The molecule has 1 aromatic rings. The second-order valence-electron chi connectivity index (χ2n) is 5.36.